The summed E-state index contributed by atoms with van der Waals surface area (Å²) in [6, 6.07) is 13.1. The number of nitrogens with one attached hydrogen (secondary N) is 1. The molecule has 0 atom stereocenters. The number of hydrogen-bond donors (Lipinski definition) is 1. The van der Waals surface area contributed by atoms with E-state index in [0.717, 1.165) is 27.5 Å². The predicted molar refractivity (Wildman–Crippen MR) is 97.4 cm³/mol. The molecule has 1 N–H and O–H groups in total. The van der Waals surface area contributed by atoms with Crippen molar-refractivity contribution in [3.05, 3.63) is 74.8 Å². The zero-order valence-corrected chi connectivity index (χ0v) is 14.3. The van der Waals surface area contributed by atoms with Crippen LogP contribution in [-0.2, 0) is 6.54 Å². The van der Waals surface area contributed by atoms with Crippen molar-refractivity contribution in [2.75, 3.05) is 5.32 Å². The Hall–Kier alpha value is -2.73. The number of non-ortho nitro benzene ring substituents is 1. The summed E-state index contributed by atoms with van der Waals surface area (Å²) in [6.07, 6.45) is 0. The van der Waals surface area contributed by atoms with Crippen molar-refractivity contribution < 1.29 is 4.92 Å². The van der Waals surface area contributed by atoms with Crippen molar-refractivity contribution in [3.63, 3.8) is 0 Å². The minimum atomic E-state index is -0.386. The van der Waals surface area contributed by atoms with E-state index >= 15 is 0 Å². The molecule has 24 heavy (non-hydrogen) atoms. The molecule has 0 radical (unpaired) electrons. The van der Waals surface area contributed by atoms with Gasteiger partial charge in [0.05, 0.1) is 17.2 Å². The Morgan fingerprint density at radius 2 is 1.92 bits per heavy atom. The van der Waals surface area contributed by atoms with E-state index in [1.54, 1.807) is 23.5 Å². The third-order valence-electron chi connectivity index (χ3n) is 3.74. The number of aryl methyl sites for hydroxylation is 2. The molecule has 0 saturated heterocycles. The van der Waals surface area contributed by atoms with E-state index in [4.69, 9.17) is 0 Å². The number of thiazole rings is 1. The number of hydrogen-bond acceptors (Lipinski definition) is 5. The fourth-order valence-electron chi connectivity index (χ4n) is 2.32. The van der Waals surface area contributed by atoms with Crippen LogP contribution in [0.25, 0.3) is 10.6 Å². The van der Waals surface area contributed by atoms with Gasteiger partial charge in [0.15, 0.2) is 0 Å². The number of nitro groups is 1. The number of rotatable bonds is 5. The van der Waals surface area contributed by atoms with Crippen LogP contribution < -0.4 is 5.32 Å². The number of nitrogens with zero attached hydrogens (tertiary/aromatic N) is 2. The summed E-state index contributed by atoms with van der Waals surface area (Å²) in [5.74, 6) is 0. The van der Waals surface area contributed by atoms with Crippen molar-refractivity contribution in [2.24, 2.45) is 0 Å². The van der Waals surface area contributed by atoms with E-state index in [1.807, 2.05) is 12.3 Å². The van der Waals surface area contributed by atoms with Gasteiger partial charge in [-0.15, -0.1) is 11.3 Å². The van der Waals surface area contributed by atoms with Gasteiger partial charge in [-0.05, 0) is 19.4 Å². The average molecular weight is 339 g/mol. The molecule has 0 aliphatic rings. The lowest BCUT2D eigenvalue weighted by Crippen LogP contribution is -2.02. The lowest BCUT2D eigenvalue weighted by atomic mass is 10.1. The van der Waals surface area contributed by atoms with Crippen molar-refractivity contribution in [1.82, 2.24) is 4.98 Å². The van der Waals surface area contributed by atoms with Gasteiger partial charge in [0.25, 0.3) is 5.69 Å². The fourth-order valence-corrected chi connectivity index (χ4v) is 3.14. The molecule has 0 aliphatic carbocycles. The quantitative estimate of drug-likeness (QED) is 0.527. The van der Waals surface area contributed by atoms with Gasteiger partial charge >= 0.3 is 0 Å². The predicted octanol–water partition coefficient (Wildman–Crippen LogP) is 4.95. The molecule has 0 saturated carbocycles. The average Bonchev–Trinajstić information content (AvgIpc) is 3.03. The van der Waals surface area contributed by atoms with Crippen LogP contribution in [0.4, 0.5) is 11.4 Å². The highest BCUT2D eigenvalue weighted by molar-refractivity contribution is 7.13. The maximum Gasteiger partial charge on any atom is 0.271 e. The molecule has 0 aliphatic heterocycles. The third-order valence-corrected chi connectivity index (χ3v) is 4.68. The molecular weight excluding hydrogens is 322 g/mol. The first-order chi connectivity index (χ1) is 11.5. The summed E-state index contributed by atoms with van der Waals surface area (Å²) < 4.78 is 0. The summed E-state index contributed by atoms with van der Waals surface area (Å²) >= 11 is 1.60. The molecule has 0 amide bonds. The maximum absolute atomic E-state index is 10.9. The Morgan fingerprint density at radius 1 is 1.17 bits per heavy atom. The summed E-state index contributed by atoms with van der Waals surface area (Å²) in [5.41, 5.74) is 5.05. The van der Waals surface area contributed by atoms with Gasteiger partial charge in [0, 0.05) is 28.8 Å². The zero-order valence-electron chi connectivity index (χ0n) is 13.4. The molecule has 2 aromatic carbocycles. The van der Waals surface area contributed by atoms with Gasteiger partial charge < -0.3 is 5.32 Å². The first-order valence-corrected chi connectivity index (χ1v) is 8.41. The first-order valence-electron chi connectivity index (χ1n) is 7.53. The Bertz CT molecular complexity index is 872. The lowest BCUT2D eigenvalue weighted by Gasteiger charge is -2.07. The van der Waals surface area contributed by atoms with Gasteiger partial charge in [-0.3, -0.25) is 10.1 Å². The first kappa shape index (κ1) is 16.1. The van der Waals surface area contributed by atoms with Crippen molar-refractivity contribution in [3.8, 4) is 10.6 Å². The zero-order chi connectivity index (χ0) is 17.1. The number of aromatic nitrogens is 1. The van der Waals surface area contributed by atoms with Crippen LogP contribution in [0.2, 0.25) is 0 Å². The highest BCUT2D eigenvalue weighted by Gasteiger charge is 2.09. The highest BCUT2D eigenvalue weighted by Crippen LogP contribution is 2.26. The smallest absolute Gasteiger partial charge is 0.271 e. The van der Waals surface area contributed by atoms with Crippen LogP contribution in [0.15, 0.2) is 47.8 Å². The summed E-state index contributed by atoms with van der Waals surface area (Å²) in [5, 5.41) is 17.1. The number of nitro benzene ring substituents is 1. The van der Waals surface area contributed by atoms with E-state index in [2.05, 4.69) is 41.5 Å². The van der Waals surface area contributed by atoms with Gasteiger partial charge in [-0.2, -0.15) is 0 Å². The van der Waals surface area contributed by atoms with Crippen LogP contribution >= 0.6 is 11.3 Å². The topological polar surface area (TPSA) is 68.1 Å². The minimum absolute atomic E-state index is 0.0849. The summed E-state index contributed by atoms with van der Waals surface area (Å²) in [4.78, 5) is 15.1. The minimum Gasteiger partial charge on any atom is -0.379 e. The fraction of sp³-hybridized carbons (Fsp3) is 0.167. The largest absolute Gasteiger partial charge is 0.379 e. The standard InChI is InChI=1S/C18H17N3O2S/c1-12-3-6-14(7-4-12)18-20-15(11-24-18)10-19-17-9-16(21(22)23)8-5-13(17)2/h3-9,11,19H,10H2,1-2H3. The van der Waals surface area contributed by atoms with E-state index in [0.29, 0.717) is 6.54 Å². The lowest BCUT2D eigenvalue weighted by molar-refractivity contribution is -0.384. The normalized spacial score (nSPS) is 10.6. The third kappa shape index (κ3) is 3.60. The summed E-state index contributed by atoms with van der Waals surface area (Å²) in [6.45, 7) is 4.51. The second-order valence-corrected chi connectivity index (χ2v) is 6.48. The molecule has 0 bridgehead atoms. The SMILES string of the molecule is Cc1ccc(-c2nc(CNc3cc([N+](=O)[O-])ccc3C)cs2)cc1. The van der Waals surface area contributed by atoms with Gasteiger partial charge in [0.1, 0.15) is 5.01 Å². The second kappa shape index (κ2) is 6.80. The van der Waals surface area contributed by atoms with E-state index in [9.17, 15) is 10.1 Å². The van der Waals surface area contributed by atoms with Gasteiger partial charge in [-0.1, -0.05) is 35.9 Å². The Morgan fingerprint density at radius 3 is 2.62 bits per heavy atom. The Labute approximate surface area is 144 Å². The van der Waals surface area contributed by atoms with Gasteiger partial charge in [-0.25, -0.2) is 4.98 Å². The summed E-state index contributed by atoms with van der Waals surface area (Å²) in [7, 11) is 0. The Kier molecular flexibility index (Phi) is 4.57. The number of anilines is 1. The van der Waals surface area contributed by atoms with E-state index in [1.165, 1.54) is 11.6 Å². The molecule has 3 rings (SSSR count). The molecule has 1 aromatic heterocycles. The Balaban J connectivity index is 1.73. The molecule has 3 aromatic rings. The monoisotopic (exact) mass is 339 g/mol. The second-order valence-electron chi connectivity index (χ2n) is 5.62. The van der Waals surface area contributed by atoms with Crippen LogP contribution in [0, 0.1) is 24.0 Å². The maximum atomic E-state index is 10.9. The molecule has 6 heteroatoms. The molecule has 122 valence electrons. The molecule has 0 spiro atoms. The van der Waals surface area contributed by atoms with E-state index < -0.39 is 0 Å². The van der Waals surface area contributed by atoms with Crippen LogP contribution in [0.3, 0.4) is 0 Å². The van der Waals surface area contributed by atoms with Crippen molar-refractivity contribution >= 4 is 22.7 Å². The van der Waals surface area contributed by atoms with E-state index in [-0.39, 0.29) is 10.6 Å². The van der Waals surface area contributed by atoms with Gasteiger partial charge in [0.2, 0.25) is 0 Å². The van der Waals surface area contributed by atoms with Crippen molar-refractivity contribution in [1.29, 1.82) is 0 Å². The molecule has 1 heterocycles. The number of benzene rings is 2. The highest BCUT2D eigenvalue weighted by atomic mass is 32.1. The molecule has 0 fully saturated rings. The van der Waals surface area contributed by atoms with Crippen LogP contribution in [0.5, 0.6) is 0 Å². The van der Waals surface area contributed by atoms with Crippen LogP contribution in [0.1, 0.15) is 16.8 Å². The van der Waals surface area contributed by atoms with Crippen molar-refractivity contribution in [2.45, 2.75) is 20.4 Å². The molecule has 5 nitrogen and oxygen atoms in total. The molecular formula is C18H17N3O2S. The van der Waals surface area contributed by atoms with Crippen LogP contribution in [-0.4, -0.2) is 9.91 Å². The molecule has 0 unspecified atom stereocenters.